The second-order valence-corrected chi connectivity index (χ2v) is 6.30. The lowest BCUT2D eigenvalue weighted by Crippen LogP contribution is -2.12. The Hall–Kier alpha value is -3.54. The van der Waals surface area contributed by atoms with Crippen molar-refractivity contribution < 1.29 is 23.7 Å². The predicted molar refractivity (Wildman–Crippen MR) is 108 cm³/mol. The molecule has 0 aliphatic carbocycles. The van der Waals surface area contributed by atoms with Gasteiger partial charge in [0.1, 0.15) is 18.1 Å². The lowest BCUT2D eigenvalue weighted by atomic mass is 10.0. The second kappa shape index (κ2) is 9.59. The van der Waals surface area contributed by atoms with Gasteiger partial charge in [-0.25, -0.2) is 4.98 Å². The molecule has 0 fully saturated rings. The van der Waals surface area contributed by atoms with E-state index in [1.165, 1.54) is 6.92 Å². The fourth-order valence-corrected chi connectivity index (χ4v) is 2.89. The normalized spacial score (nSPS) is 11.4. The van der Waals surface area contributed by atoms with E-state index in [9.17, 15) is 4.79 Å². The van der Waals surface area contributed by atoms with E-state index in [0.29, 0.717) is 35.1 Å². The van der Waals surface area contributed by atoms with Gasteiger partial charge in [-0.2, -0.15) is 0 Å². The minimum Gasteiger partial charge on any atom is -0.496 e. The Labute approximate surface area is 170 Å². The fourth-order valence-electron chi connectivity index (χ4n) is 2.89. The van der Waals surface area contributed by atoms with E-state index in [2.05, 4.69) is 4.98 Å². The number of carbonyl (C=O) groups is 1. The van der Waals surface area contributed by atoms with Gasteiger partial charge in [-0.3, -0.25) is 4.79 Å². The van der Waals surface area contributed by atoms with Gasteiger partial charge in [-0.1, -0.05) is 30.3 Å². The number of hydrogen-bond acceptors (Lipinski definition) is 6. The third-order valence-electron chi connectivity index (χ3n) is 4.29. The molecule has 150 valence electrons. The van der Waals surface area contributed by atoms with E-state index < -0.39 is 12.1 Å². The molecule has 0 amide bonds. The monoisotopic (exact) mass is 393 g/mol. The highest BCUT2D eigenvalue weighted by Crippen LogP contribution is 2.36. The molecule has 1 heterocycles. The lowest BCUT2D eigenvalue weighted by Gasteiger charge is -2.21. The summed E-state index contributed by atoms with van der Waals surface area (Å²) < 4.78 is 22.1. The average molecular weight is 393 g/mol. The molecule has 0 saturated heterocycles. The van der Waals surface area contributed by atoms with Crippen molar-refractivity contribution >= 4 is 5.97 Å². The Morgan fingerprint density at radius 2 is 1.79 bits per heavy atom. The van der Waals surface area contributed by atoms with Gasteiger partial charge in [0.2, 0.25) is 5.88 Å². The summed E-state index contributed by atoms with van der Waals surface area (Å²) in [5.41, 5.74) is 2.42. The molecule has 6 nitrogen and oxygen atoms in total. The van der Waals surface area contributed by atoms with Crippen molar-refractivity contribution in [3.63, 3.8) is 0 Å². The molecule has 0 aliphatic rings. The van der Waals surface area contributed by atoms with Crippen LogP contribution < -0.4 is 14.2 Å². The van der Waals surface area contributed by atoms with Crippen molar-refractivity contribution in [1.82, 2.24) is 4.98 Å². The van der Waals surface area contributed by atoms with Crippen LogP contribution in [0, 0.1) is 0 Å². The molecular weight excluding hydrogens is 370 g/mol. The SMILES string of the molecule is COc1ccc(C(OC(C)=O)c2cc(OCc3ccccc3)ccc2OC)cn1. The van der Waals surface area contributed by atoms with Crippen LogP contribution in [0.2, 0.25) is 0 Å². The standard InChI is InChI=1S/C23H23NO5/c1-16(25)29-23(18-9-12-22(27-3)24-14-18)20-13-19(10-11-21(20)26-2)28-15-17-7-5-4-6-8-17/h4-14,23H,15H2,1-3H3. The Morgan fingerprint density at radius 3 is 2.41 bits per heavy atom. The number of hydrogen-bond donors (Lipinski definition) is 0. The number of carbonyl (C=O) groups excluding carboxylic acids is 1. The van der Waals surface area contributed by atoms with Crippen LogP contribution in [0.5, 0.6) is 17.4 Å². The molecule has 0 spiro atoms. The Bertz CT molecular complexity index is 941. The summed E-state index contributed by atoms with van der Waals surface area (Å²) in [6, 6.07) is 18.8. The molecule has 2 aromatic carbocycles. The summed E-state index contributed by atoms with van der Waals surface area (Å²) in [6.45, 7) is 1.79. The summed E-state index contributed by atoms with van der Waals surface area (Å²) in [6.07, 6.45) is 0.921. The molecule has 29 heavy (non-hydrogen) atoms. The van der Waals surface area contributed by atoms with Crippen LogP contribution in [0.4, 0.5) is 0 Å². The molecule has 6 heteroatoms. The van der Waals surface area contributed by atoms with E-state index in [-0.39, 0.29) is 0 Å². The highest BCUT2D eigenvalue weighted by molar-refractivity contribution is 5.67. The molecule has 3 aromatic rings. The van der Waals surface area contributed by atoms with Crippen LogP contribution >= 0.6 is 0 Å². The predicted octanol–water partition coefficient (Wildman–Crippen LogP) is 4.33. The number of benzene rings is 2. The summed E-state index contributed by atoms with van der Waals surface area (Å²) in [4.78, 5) is 16.0. The number of nitrogens with zero attached hydrogens (tertiary/aromatic N) is 1. The van der Waals surface area contributed by atoms with E-state index >= 15 is 0 Å². The molecule has 1 unspecified atom stereocenters. The summed E-state index contributed by atoms with van der Waals surface area (Å²) in [7, 11) is 3.11. The Morgan fingerprint density at radius 1 is 1.00 bits per heavy atom. The van der Waals surface area contributed by atoms with Gasteiger partial charge in [-0.05, 0) is 29.8 Å². The number of methoxy groups -OCH3 is 2. The number of rotatable bonds is 8. The first-order valence-corrected chi connectivity index (χ1v) is 9.12. The first-order valence-electron chi connectivity index (χ1n) is 9.12. The highest BCUT2D eigenvalue weighted by Gasteiger charge is 2.23. The number of aromatic nitrogens is 1. The minimum absolute atomic E-state index is 0.413. The number of esters is 1. The summed E-state index contributed by atoms with van der Waals surface area (Å²) in [5, 5.41) is 0. The summed E-state index contributed by atoms with van der Waals surface area (Å²) in [5.74, 6) is 1.29. The van der Waals surface area contributed by atoms with Crippen LogP contribution in [-0.4, -0.2) is 25.2 Å². The zero-order valence-corrected chi connectivity index (χ0v) is 16.6. The maximum atomic E-state index is 11.8. The first kappa shape index (κ1) is 20.2. The van der Waals surface area contributed by atoms with Crippen LogP contribution in [0.1, 0.15) is 29.7 Å². The number of pyridine rings is 1. The van der Waals surface area contributed by atoms with E-state index in [1.807, 2.05) is 42.5 Å². The largest absolute Gasteiger partial charge is 0.496 e. The number of ether oxygens (including phenoxy) is 4. The van der Waals surface area contributed by atoms with Crippen molar-refractivity contribution in [3.05, 3.63) is 83.6 Å². The third-order valence-corrected chi connectivity index (χ3v) is 4.29. The smallest absolute Gasteiger partial charge is 0.303 e. The molecule has 0 radical (unpaired) electrons. The highest BCUT2D eigenvalue weighted by atomic mass is 16.5. The molecule has 0 aliphatic heterocycles. The van der Waals surface area contributed by atoms with Crippen LogP contribution in [0.15, 0.2) is 66.9 Å². The molecule has 0 bridgehead atoms. The minimum atomic E-state index is -0.693. The van der Waals surface area contributed by atoms with Gasteiger partial charge in [0.15, 0.2) is 6.10 Å². The summed E-state index contributed by atoms with van der Waals surface area (Å²) >= 11 is 0. The maximum absolute atomic E-state index is 11.8. The van der Waals surface area contributed by atoms with Gasteiger partial charge in [-0.15, -0.1) is 0 Å². The van der Waals surface area contributed by atoms with E-state index in [0.717, 1.165) is 5.56 Å². The van der Waals surface area contributed by atoms with Crippen molar-refractivity contribution in [2.45, 2.75) is 19.6 Å². The molecule has 0 N–H and O–H groups in total. The Balaban J connectivity index is 1.93. The van der Waals surface area contributed by atoms with Gasteiger partial charge in [0.25, 0.3) is 0 Å². The van der Waals surface area contributed by atoms with Crippen molar-refractivity contribution in [3.8, 4) is 17.4 Å². The van der Waals surface area contributed by atoms with Crippen LogP contribution in [0.3, 0.4) is 0 Å². The zero-order chi connectivity index (χ0) is 20.6. The van der Waals surface area contributed by atoms with Crippen LogP contribution in [-0.2, 0) is 16.1 Å². The Kier molecular flexibility index (Phi) is 6.68. The third kappa shape index (κ3) is 5.25. The van der Waals surface area contributed by atoms with Gasteiger partial charge < -0.3 is 18.9 Å². The topological polar surface area (TPSA) is 66.9 Å². The molecule has 1 atom stereocenters. The van der Waals surface area contributed by atoms with E-state index in [4.69, 9.17) is 18.9 Å². The van der Waals surface area contributed by atoms with Crippen molar-refractivity contribution in [2.75, 3.05) is 14.2 Å². The first-order chi connectivity index (χ1) is 14.1. The fraction of sp³-hybridized carbons (Fsp3) is 0.217. The van der Waals surface area contributed by atoms with Gasteiger partial charge in [0.05, 0.1) is 14.2 Å². The lowest BCUT2D eigenvalue weighted by molar-refractivity contribution is -0.144. The average Bonchev–Trinajstić information content (AvgIpc) is 2.76. The molecular formula is C23H23NO5. The van der Waals surface area contributed by atoms with Crippen LogP contribution in [0.25, 0.3) is 0 Å². The van der Waals surface area contributed by atoms with Gasteiger partial charge in [0, 0.05) is 30.3 Å². The maximum Gasteiger partial charge on any atom is 0.303 e. The second-order valence-electron chi connectivity index (χ2n) is 6.30. The molecule has 1 aromatic heterocycles. The quantitative estimate of drug-likeness (QED) is 0.531. The van der Waals surface area contributed by atoms with Crippen molar-refractivity contribution in [1.29, 1.82) is 0 Å². The molecule has 0 saturated carbocycles. The van der Waals surface area contributed by atoms with Crippen molar-refractivity contribution in [2.24, 2.45) is 0 Å². The van der Waals surface area contributed by atoms with E-state index in [1.54, 1.807) is 38.6 Å². The molecule has 3 rings (SSSR count). The van der Waals surface area contributed by atoms with Gasteiger partial charge >= 0.3 is 5.97 Å². The zero-order valence-electron chi connectivity index (χ0n) is 16.6.